The summed E-state index contributed by atoms with van der Waals surface area (Å²) in [5, 5.41) is 0. The van der Waals surface area contributed by atoms with Gasteiger partial charge in [0, 0.05) is 38.0 Å². The molecular weight excluding hydrogens is 321 g/mol. The Balaban J connectivity index is 1.80. The maximum Gasteiger partial charge on any atom is 0.327 e. The average molecular weight is 345 g/mol. The molecule has 0 radical (unpaired) electrons. The number of esters is 1. The van der Waals surface area contributed by atoms with E-state index < -0.39 is 12.0 Å². The van der Waals surface area contributed by atoms with E-state index in [0.717, 1.165) is 38.2 Å². The van der Waals surface area contributed by atoms with Gasteiger partial charge in [-0.3, -0.25) is 4.90 Å². The summed E-state index contributed by atoms with van der Waals surface area (Å²) >= 11 is 0. The first kappa shape index (κ1) is 17.6. The first-order valence-corrected chi connectivity index (χ1v) is 8.62. The van der Waals surface area contributed by atoms with Crippen LogP contribution >= 0.6 is 0 Å². The minimum Gasteiger partial charge on any atom is -0.468 e. The smallest absolute Gasteiger partial charge is 0.327 e. The van der Waals surface area contributed by atoms with E-state index in [4.69, 9.17) is 4.74 Å². The number of rotatable bonds is 5. The number of halogens is 1. The Labute approximate surface area is 147 Å². The van der Waals surface area contributed by atoms with Gasteiger partial charge < -0.3 is 9.30 Å². The zero-order valence-electron chi connectivity index (χ0n) is 14.7. The highest BCUT2D eigenvalue weighted by Crippen LogP contribution is 2.30. The maximum atomic E-state index is 14.3. The summed E-state index contributed by atoms with van der Waals surface area (Å²) in [6.45, 7) is 1.48. The third kappa shape index (κ3) is 3.90. The summed E-state index contributed by atoms with van der Waals surface area (Å²) in [4.78, 5) is 18.8. The lowest BCUT2D eigenvalue weighted by Gasteiger charge is -2.37. The monoisotopic (exact) mass is 345 g/mol. The van der Waals surface area contributed by atoms with Crippen LogP contribution in [0.2, 0.25) is 0 Å². The SMILES string of the molecule is COC(=O)[C@@H](c1ccccc1F)N1CCC[C@@H](Cc2nccn2C)C1. The third-order valence-corrected chi connectivity index (χ3v) is 4.93. The van der Waals surface area contributed by atoms with Gasteiger partial charge >= 0.3 is 5.97 Å². The minimum atomic E-state index is -0.699. The Hall–Kier alpha value is -2.21. The molecule has 1 fully saturated rings. The van der Waals surface area contributed by atoms with Gasteiger partial charge in [0.2, 0.25) is 0 Å². The van der Waals surface area contributed by atoms with Crippen LogP contribution in [0.5, 0.6) is 0 Å². The first-order valence-electron chi connectivity index (χ1n) is 8.62. The number of benzene rings is 1. The molecule has 1 saturated heterocycles. The quantitative estimate of drug-likeness (QED) is 0.782. The number of likely N-dealkylation sites (tertiary alicyclic amines) is 1. The van der Waals surface area contributed by atoms with Gasteiger partial charge in [-0.2, -0.15) is 0 Å². The highest BCUT2D eigenvalue weighted by Gasteiger charge is 2.34. The fourth-order valence-corrected chi connectivity index (χ4v) is 3.63. The Morgan fingerprint density at radius 1 is 1.44 bits per heavy atom. The number of carbonyl (C=O) groups is 1. The lowest BCUT2D eigenvalue weighted by molar-refractivity contribution is -0.148. The second-order valence-electron chi connectivity index (χ2n) is 6.61. The molecule has 1 aliphatic heterocycles. The van der Waals surface area contributed by atoms with E-state index in [0.29, 0.717) is 11.5 Å². The van der Waals surface area contributed by atoms with Crippen LogP contribution in [0.1, 0.15) is 30.3 Å². The summed E-state index contributed by atoms with van der Waals surface area (Å²) in [6.07, 6.45) is 6.63. The van der Waals surface area contributed by atoms with Crippen molar-refractivity contribution in [2.24, 2.45) is 13.0 Å². The molecule has 0 unspecified atom stereocenters. The van der Waals surface area contributed by atoms with Crippen molar-refractivity contribution in [3.8, 4) is 0 Å². The van der Waals surface area contributed by atoms with E-state index in [-0.39, 0.29) is 5.82 Å². The molecule has 0 bridgehead atoms. The van der Waals surface area contributed by atoms with Gasteiger partial charge in [-0.05, 0) is 31.4 Å². The molecule has 3 rings (SSSR count). The largest absolute Gasteiger partial charge is 0.468 e. The third-order valence-electron chi connectivity index (χ3n) is 4.93. The second kappa shape index (κ2) is 7.78. The molecule has 25 heavy (non-hydrogen) atoms. The van der Waals surface area contributed by atoms with Gasteiger partial charge in [0.1, 0.15) is 17.7 Å². The molecule has 5 nitrogen and oxygen atoms in total. The van der Waals surface area contributed by atoms with Gasteiger partial charge in [-0.15, -0.1) is 0 Å². The second-order valence-corrected chi connectivity index (χ2v) is 6.61. The standard InChI is InChI=1S/C19H24FN3O2/c1-22-11-9-21-17(22)12-14-6-5-10-23(13-14)18(19(24)25-2)15-7-3-4-8-16(15)20/h3-4,7-9,11,14,18H,5-6,10,12-13H2,1-2H3/t14-,18+/m0/s1. The maximum absolute atomic E-state index is 14.3. The summed E-state index contributed by atoms with van der Waals surface area (Å²) < 4.78 is 21.3. The fraction of sp³-hybridized carbons (Fsp3) is 0.474. The van der Waals surface area contributed by atoms with Crippen molar-refractivity contribution in [3.05, 3.63) is 53.9 Å². The fourth-order valence-electron chi connectivity index (χ4n) is 3.63. The van der Waals surface area contributed by atoms with E-state index in [1.54, 1.807) is 24.4 Å². The van der Waals surface area contributed by atoms with Crippen molar-refractivity contribution in [1.82, 2.24) is 14.5 Å². The predicted octanol–water partition coefficient (Wildman–Crippen LogP) is 2.73. The molecule has 1 aromatic carbocycles. The molecule has 2 atom stereocenters. The molecule has 1 aliphatic rings. The number of aryl methyl sites for hydroxylation is 1. The number of imidazole rings is 1. The summed E-state index contributed by atoms with van der Waals surface area (Å²) in [6, 6.07) is 5.74. The van der Waals surface area contributed by atoms with Crippen LogP contribution in [0, 0.1) is 11.7 Å². The van der Waals surface area contributed by atoms with E-state index in [2.05, 4.69) is 4.98 Å². The van der Waals surface area contributed by atoms with E-state index in [1.807, 2.05) is 22.7 Å². The van der Waals surface area contributed by atoms with Crippen molar-refractivity contribution in [2.75, 3.05) is 20.2 Å². The van der Waals surface area contributed by atoms with Crippen molar-refractivity contribution in [1.29, 1.82) is 0 Å². The Morgan fingerprint density at radius 3 is 2.92 bits per heavy atom. The van der Waals surface area contributed by atoms with Crippen LogP contribution in [0.4, 0.5) is 4.39 Å². The normalized spacial score (nSPS) is 19.6. The van der Waals surface area contributed by atoms with Crippen LogP contribution in [-0.2, 0) is 23.0 Å². The van der Waals surface area contributed by atoms with Crippen molar-refractivity contribution >= 4 is 5.97 Å². The molecule has 0 aliphatic carbocycles. The van der Waals surface area contributed by atoms with Crippen LogP contribution < -0.4 is 0 Å². The van der Waals surface area contributed by atoms with Crippen molar-refractivity contribution in [2.45, 2.75) is 25.3 Å². The minimum absolute atomic E-state index is 0.371. The van der Waals surface area contributed by atoms with Crippen molar-refractivity contribution in [3.63, 3.8) is 0 Å². The number of hydrogen-bond donors (Lipinski definition) is 0. The molecule has 0 N–H and O–H groups in total. The number of methoxy groups -OCH3 is 1. The van der Waals surface area contributed by atoms with Crippen LogP contribution in [0.25, 0.3) is 0 Å². The van der Waals surface area contributed by atoms with E-state index >= 15 is 0 Å². The zero-order chi connectivity index (χ0) is 17.8. The van der Waals surface area contributed by atoms with Crippen LogP contribution in [0.3, 0.4) is 0 Å². The van der Waals surface area contributed by atoms with Crippen molar-refractivity contribution < 1.29 is 13.9 Å². The first-order chi connectivity index (χ1) is 12.1. The molecule has 6 heteroatoms. The highest BCUT2D eigenvalue weighted by molar-refractivity contribution is 5.77. The number of piperidine rings is 1. The average Bonchev–Trinajstić information content (AvgIpc) is 3.02. The van der Waals surface area contributed by atoms with Gasteiger partial charge in [0.25, 0.3) is 0 Å². The lowest BCUT2D eigenvalue weighted by atomic mass is 9.92. The van der Waals surface area contributed by atoms with Gasteiger partial charge in [0.05, 0.1) is 7.11 Å². The molecule has 0 saturated carbocycles. The van der Waals surface area contributed by atoms with Gasteiger partial charge in [0.15, 0.2) is 0 Å². The molecular formula is C19H24FN3O2. The molecule has 134 valence electrons. The molecule has 0 spiro atoms. The number of aromatic nitrogens is 2. The van der Waals surface area contributed by atoms with Gasteiger partial charge in [-0.1, -0.05) is 18.2 Å². The molecule has 0 amide bonds. The Morgan fingerprint density at radius 2 is 2.24 bits per heavy atom. The number of ether oxygens (including phenoxy) is 1. The number of nitrogens with zero attached hydrogens (tertiary/aromatic N) is 3. The topological polar surface area (TPSA) is 47.4 Å². The summed E-state index contributed by atoms with van der Waals surface area (Å²) in [5.74, 6) is 0.632. The zero-order valence-corrected chi connectivity index (χ0v) is 14.7. The van der Waals surface area contributed by atoms with Crippen LogP contribution in [0.15, 0.2) is 36.7 Å². The molecule has 1 aromatic heterocycles. The predicted molar refractivity (Wildman–Crippen MR) is 92.4 cm³/mol. The summed E-state index contributed by atoms with van der Waals surface area (Å²) in [7, 11) is 3.34. The van der Waals surface area contributed by atoms with Crippen LogP contribution in [-0.4, -0.2) is 40.6 Å². The summed E-state index contributed by atoms with van der Waals surface area (Å²) in [5.41, 5.74) is 0.381. The highest BCUT2D eigenvalue weighted by atomic mass is 19.1. The van der Waals surface area contributed by atoms with E-state index in [1.165, 1.54) is 13.2 Å². The molecule has 2 aromatic rings. The number of hydrogen-bond acceptors (Lipinski definition) is 4. The number of carbonyl (C=O) groups excluding carboxylic acids is 1. The van der Waals surface area contributed by atoms with E-state index in [9.17, 15) is 9.18 Å². The lowest BCUT2D eigenvalue weighted by Crippen LogP contribution is -2.42. The van der Waals surface area contributed by atoms with Gasteiger partial charge in [-0.25, -0.2) is 14.2 Å². The molecule has 2 heterocycles. The Bertz CT molecular complexity index is 731. The Kier molecular flexibility index (Phi) is 5.48.